The molecule has 1 aromatic heterocycles. The summed E-state index contributed by atoms with van der Waals surface area (Å²) in [6, 6.07) is 0. The molecule has 0 saturated heterocycles. The maximum absolute atomic E-state index is 12.2. The van der Waals surface area contributed by atoms with Gasteiger partial charge < -0.3 is 14.5 Å². The van der Waals surface area contributed by atoms with E-state index in [9.17, 15) is 14.4 Å². The Morgan fingerprint density at radius 1 is 1.29 bits per heavy atom. The van der Waals surface area contributed by atoms with Gasteiger partial charge in [0.2, 0.25) is 11.8 Å². The van der Waals surface area contributed by atoms with Gasteiger partial charge in [-0.1, -0.05) is 50.1 Å². The summed E-state index contributed by atoms with van der Waals surface area (Å²) in [5.41, 5.74) is 1.61. The van der Waals surface area contributed by atoms with Gasteiger partial charge in [0.25, 0.3) is 11.7 Å². The molecule has 2 rings (SSSR count). The summed E-state index contributed by atoms with van der Waals surface area (Å²) in [6.45, 7) is -0.486. The van der Waals surface area contributed by atoms with Crippen molar-refractivity contribution < 1.29 is 29.2 Å². The second kappa shape index (κ2) is 10.7. The third-order valence-corrected chi connectivity index (χ3v) is 5.15. The Bertz CT molecular complexity index is 671. The van der Waals surface area contributed by atoms with Crippen LogP contribution in [0, 0.1) is 5.92 Å². The Hall–Kier alpha value is -2.49. The number of rotatable bonds is 10. The van der Waals surface area contributed by atoms with Crippen LogP contribution in [0.15, 0.2) is 4.52 Å². The minimum Gasteiger partial charge on any atom is -0.480 e. The van der Waals surface area contributed by atoms with E-state index in [1.807, 2.05) is 0 Å². The molecule has 2 amide bonds. The standard InChI is InChI=1S/C18H28N4O6/c1-22(11-15(24)25)18(26)16-19-17(28-21-16)13(10-14(23)20-27)9-5-8-12-6-3-2-4-7-12/h12-13,27H,2-11H2,1H3,(H,20,23)(H,24,25). The number of carboxylic acid groups (broad SMARTS) is 1. The SMILES string of the molecule is CN(CC(=O)O)C(=O)c1noc(C(CCCC2CCCCC2)CC(=O)NO)n1. The average Bonchev–Trinajstić information content (AvgIpc) is 3.16. The number of aromatic nitrogens is 2. The second-order valence-electron chi connectivity index (χ2n) is 7.38. The topological polar surface area (TPSA) is 146 Å². The van der Waals surface area contributed by atoms with Crippen LogP contribution in [0.1, 0.15) is 80.2 Å². The van der Waals surface area contributed by atoms with E-state index in [1.165, 1.54) is 39.2 Å². The summed E-state index contributed by atoms with van der Waals surface area (Å²) in [5, 5.41) is 21.2. The van der Waals surface area contributed by atoms with Gasteiger partial charge >= 0.3 is 5.97 Å². The summed E-state index contributed by atoms with van der Waals surface area (Å²) in [5.74, 6) is -2.23. The van der Waals surface area contributed by atoms with Crippen molar-refractivity contribution >= 4 is 17.8 Å². The van der Waals surface area contributed by atoms with Crippen LogP contribution >= 0.6 is 0 Å². The first-order valence-corrected chi connectivity index (χ1v) is 9.64. The van der Waals surface area contributed by atoms with Gasteiger partial charge in [0.1, 0.15) is 6.54 Å². The Morgan fingerprint density at radius 3 is 2.64 bits per heavy atom. The lowest BCUT2D eigenvalue weighted by atomic mass is 9.84. The fourth-order valence-corrected chi connectivity index (χ4v) is 3.64. The molecule has 156 valence electrons. The van der Waals surface area contributed by atoms with Gasteiger partial charge in [-0.3, -0.25) is 19.6 Å². The Morgan fingerprint density at radius 2 is 2.00 bits per heavy atom. The number of nitrogens with one attached hydrogen (secondary N) is 1. The fourth-order valence-electron chi connectivity index (χ4n) is 3.64. The summed E-state index contributed by atoms with van der Waals surface area (Å²) >= 11 is 0. The van der Waals surface area contributed by atoms with E-state index in [0.29, 0.717) is 12.3 Å². The van der Waals surface area contributed by atoms with Crippen LogP contribution < -0.4 is 5.48 Å². The zero-order chi connectivity index (χ0) is 20.5. The molecule has 0 spiro atoms. The predicted molar refractivity (Wildman–Crippen MR) is 96.6 cm³/mol. The maximum Gasteiger partial charge on any atom is 0.323 e. The summed E-state index contributed by atoms with van der Waals surface area (Å²) in [6.07, 6.45) is 8.79. The number of carbonyl (C=O) groups is 3. The first kappa shape index (κ1) is 21.8. The molecule has 0 bridgehead atoms. The Labute approximate surface area is 163 Å². The lowest BCUT2D eigenvalue weighted by Crippen LogP contribution is -2.32. The molecule has 1 fully saturated rings. The van der Waals surface area contributed by atoms with Crippen LogP contribution in [-0.4, -0.2) is 56.7 Å². The average molecular weight is 396 g/mol. The van der Waals surface area contributed by atoms with Gasteiger partial charge in [-0.2, -0.15) is 4.98 Å². The van der Waals surface area contributed by atoms with E-state index in [4.69, 9.17) is 14.8 Å². The highest BCUT2D eigenvalue weighted by Crippen LogP contribution is 2.31. The number of carbonyl (C=O) groups excluding carboxylic acids is 2. The quantitative estimate of drug-likeness (QED) is 0.402. The predicted octanol–water partition coefficient (Wildman–Crippen LogP) is 1.96. The van der Waals surface area contributed by atoms with Gasteiger partial charge in [-0.05, 0) is 12.3 Å². The number of nitrogens with zero attached hydrogens (tertiary/aromatic N) is 3. The van der Waals surface area contributed by atoms with Gasteiger partial charge in [0.15, 0.2) is 0 Å². The highest BCUT2D eigenvalue weighted by Gasteiger charge is 2.26. The first-order valence-electron chi connectivity index (χ1n) is 9.64. The molecule has 0 radical (unpaired) electrons. The number of hydrogen-bond donors (Lipinski definition) is 3. The van der Waals surface area contributed by atoms with E-state index >= 15 is 0 Å². The lowest BCUT2D eigenvalue weighted by molar-refractivity contribution is -0.137. The van der Waals surface area contributed by atoms with Crippen molar-refractivity contribution in [1.29, 1.82) is 0 Å². The molecule has 28 heavy (non-hydrogen) atoms. The molecule has 0 aliphatic heterocycles. The van der Waals surface area contributed by atoms with E-state index in [2.05, 4.69) is 10.1 Å². The van der Waals surface area contributed by atoms with Crippen LogP contribution in [0.4, 0.5) is 0 Å². The second-order valence-corrected chi connectivity index (χ2v) is 7.38. The largest absolute Gasteiger partial charge is 0.480 e. The molecule has 10 heteroatoms. The monoisotopic (exact) mass is 396 g/mol. The normalized spacial score (nSPS) is 15.8. The summed E-state index contributed by atoms with van der Waals surface area (Å²) in [7, 11) is 1.33. The minimum atomic E-state index is -1.15. The van der Waals surface area contributed by atoms with Gasteiger partial charge in [-0.15, -0.1) is 0 Å². The Kier molecular flexibility index (Phi) is 8.37. The number of carboxylic acids is 1. The van der Waals surface area contributed by atoms with Gasteiger partial charge in [0, 0.05) is 19.4 Å². The molecular weight excluding hydrogens is 368 g/mol. The zero-order valence-corrected chi connectivity index (χ0v) is 16.1. The smallest absolute Gasteiger partial charge is 0.323 e. The molecule has 1 aliphatic rings. The molecule has 10 nitrogen and oxygen atoms in total. The van der Waals surface area contributed by atoms with E-state index in [-0.39, 0.29) is 18.1 Å². The first-order chi connectivity index (χ1) is 13.4. The summed E-state index contributed by atoms with van der Waals surface area (Å²) in [4.78, 5) is 39.6. The highest BCUT2D eigenvalue weighted by molar-refractivity contribution is 5.92. The molecule has 1 unspecified atom stereocenters. The van der Waals surface area contributed by atoms with Crippen molar-refractivity contribution in [3.63, 3.8) is 0 Å². The van der Waals surface area contributed by atoms with Crippen molar-refractivity contribution in [2.45, 2.75) is 63.7 Å². The molecule has 1 aliphatic carbocycles. The third-order valence-electron chi connectivity index (χ3n) is 5.15. The van der Waals surface area contributed by atoms with Crippen LogP contribution in [-0.2, 0) is 9.59 Å². The van der Waals surface area contributed by atoms with Crippen molar-refractivity contribution in [2.75, 3.05) is 13.6 Å². The fraction of sp³-hybridized carbons (Fsp3) is 0.722. The number of likely N-dealkylation sites (N-methyl/N-ethyl adjacent to an activating group) is 1. The molecule has 0 aromatic carbocycles. The van der Waals surface area contributed by atoms with Crippen LogP contribution in [0.5, 0.6) is 0 Å². The molecule has 1 saturated carbocycles. The van der Waals surface area contributed by atoms with E-state index < -0.39 is 30.2 Å². The van der Waals surface area contributed by atoms with Crippen molar-refractivity contribution in [3.8, 4) is 0 Å². The molecule has 3 N–H and O–H groups in total. The van der Waals surface area contributed by atoms with Crippen molar-refractivity contribution in [2.24, 2.45) is 5.92 Å². The van der Waals surface area contributed by atoms with Gasteiger partial charge in [-0.25, -0.2) is 5.48 Å². The molecule has 1 heterocycles. The number of hydroxylamine groups is 1. The molecular formula is C18H28N4O6. The minimum absolute atomic E-state index is 0.0397. The molecule has 1 aromatic rings. The third kappa shape index (κ3) is 6.59. The highest BCUT2D eigenvalue weighted by atomic mass is 16.5. The van der Waals surface area contributed by atoms with Crippen molar-refractivity contribution in [3.05, 3.63) is 11.7 Å². The van der Waals surface area contributed by atoms with Crippen LogP contribution in [0.2, 0.25) is 0 Å². The van der Waals surface area contributed by atoms with Crippen molar-refractivity contribution in [1.82, 2.24) is 20.5 Å². The van der Waals surface area contributed by atoms with Crippen LogP contribution in [0.25, 0.3) is 0 Å². The number of hydrogen-bond acceptors (Lipinski definition) is 7. The lowest BCUT2D eigenvalue weighted by Gasteiger charge is -2.22. The van der Waals surface area contributed by atoms with E-state index in [1.54, 1.807) is 5.48 Å². The van der Waals surface area contributed by atoms with Crippen LogP contribution in [0.3, 0.4) is 0 Å². The van der Waals surface area contributed by atoms with Gasteiger partial charge in [0.05, 0.1) is 0 Å². The number of amides is 2. The van der Waals surface area contributed by atoms with E-state index in [0.717, 1.165) is 17.7 Å². The zero-order valence-electron chi connectivity index (χ0n) is 16.1. The molecule has 1 atom stereocenters. The summed E-state index contributed by atoms with van der Waals surface area (Å²) < 4.78 is 5.17. The Balaban J connectivity index is 1.99. The maximum atomic E-state index is 12.2. The number of aliphatic carboxylic acids is 1.